The number of rotatable bonds is 8. The molecule has 1 heterocycles. The van der Waals surface area contributed by atoms with E-state index in [2.05, 4.69) is 9.47 Å². The molecule has 0 radical (unpaired) electrons. The highest BCUT2D eigenvalue weighted by molar-refractivity contribution is 5.14. The van der Waals surface area contributed by atoms with Crippen molar-refractivity contribution in [1.29, 1.82) is 0 Å². The summed E-state index contributed by atoms with van der Waals surface area (Å²) in [5.41, 5.74) is 0. The lowest BCUT2D eigenvalue weighted by Gasteiger charge is -2.43. The van der Waals surface area contributed by atoms with Crippen molar-refractivity contribution in [2.45, 2.75) is 53.9 Å². The number of hydrogen-bond donors (Lipinski definition) is 0. The van der Waals surface area contributed by atoms with Gasteiger partial charge in [0.05, 0.1) is 13.2 Å². The highest BCUT2D eigenvalue weighted by Crippen LogP contribution is 2.64. The second-order valence-corrected chi connectivity index (χ2v) is 5.73. The van der Waals surface area contributed by atoms with Gasteiger partial charge in [-0.25, -0.2) is 0 Å². The number of halogens is 17. The molecule has 0 aromatic heterocycles. The fraction of sp³-hybridized carbons (Fsp3) is 1.00. The molecule has 0 bridgehead atoms. The Morgan fingerprint density at radius 2 is 0.867 bits per heavy atom. The van der Waals surface area contributed by atoms with Crippen molar-refractivity contribution in [3.8, 4) is 0 Å². The van der Waals surface area contributed by atoms with E-state index in [-0.39, 0.29) is 0 Å². The number of epoxide rings is 1. The first-order valence-corrected chi connectivity index (χ1v) is 6.80. The van der Waals surface area contributed by atoms with Crippen LogP contribution in [-0.2, 0) is 9.47 Å². The van der Waals surface area contributed by atoms with Gasteiger partial charge in [-0.1, -0.05) is 0 Å². The van der Waals surface area contributed by atoms with Gasteiger partial charge in [0.25, 0.3) is 0 Å². The molecule has 1 aliphatic rings. The second kappa shape index (κ2) is 6.86. The minimum absolute atomic E-state index is 0.623. The van der Waals surface area contributed by atoms with Crippen molar-refractivity contribution in [2.24, 2.45) is 0 Å². The first-order chi connectivity index (χ1) is 12.8. The third kappa shape index (κ3) is 3.54. The van der Waals surface area contributed by atoms with E-state index >= 15 is 0 Å². The molecule has 2 unspecified atom stereocenters. The molecule has 1 saturated heterocycles. The minimum Gasteiger partial charge on any atom is -0.371 e. The molecule has 30 heavy (non-hydrogen) atoms. The molecule has 0 aliphatic carbocycles. The van der Waals surface area contributed by atoms with Gasteiger partial charge in [-0.05, 0) is 0 Å². The van der Waals surface area contributed by atoms with Crippen molar-refractivity contribution in [2.75, 3.05) is 13.2 Å². The van der Waals surface area contributed by atoms with Gasteiger partial charge in [-0.2, -0.15) is 74.6 Å². The van der Waals surface area contributed by atoms with Gasteiger partial charge in [0.15, 0.2) is 0 Å². The molecule has 0 N–H and O–H groups in total. The first kappa shape index (κ1) is 26.8. The van der Waals surface area contributed by atoms with Crippen LogP contribution in [0.25, 0.3) is 0 Å². The molecule has 0 aromatic rings. The topological polar surface area (TPSA) is 21.8 Å². The van der Waals surface area contributed by atoms with Crippen LogP contribution in [0.4, 0.5) is 74.6 Å². The van der Waals surface area contributed by atoms with Gasteiger partial charge in [0.1, 0.15) is 6.10 Å². The van der Waals surface area contributed by atoms with Crippen molar-refractivity contribution in [3.63, 3.8) is 0 Å². The Labute approximate surface area is 152 Å². The van der Waals surface area contributed by atoms with Crippen LogP contribution >= 0.6 is 0 Å². The van der Waals surface area contributed by atoms with Crippen molar-refractivity contribution >= 4 is 0 Å². The largest absolute Gasteiger partial charge is 0.460 e. The Hall–Kier alpha value is -1.27. The Balaban J connectivity index is 3.59. The van der Waals surface area contributed by atoms with Gasteiger partial charge >= 0.3 is 47.8 Å². The van der Waals surface area contributed by atoms with Gasteiger partial charge in [0, 0.05) is 0 Å². The van der Waals surface area contributed by atoms with Crippen LogP contribution in [0.2, 0.25) is 0 Å². The maximum atomic E-state index is 13.8. The number of hydrogen-bond acceptors (Lipinski definition) is 2. The zero-order valence-corrected chi connectivity index (χ0v) is 13.2. The Bertz CT molecular complexity index is 631. The molecule has 180 valence electrons. The zero-order valence-electron chi connectivity index (χ0n) is 13.2. The fourth-order valence-electron chi connectivity index (χ4n) is 1.69. The summed E-state index contributed by atoms with van der Waals surface area (Å²) >= 11 is 0. The SMILES string of the molecule is FC(F)(F)C(F)(F)C(F)(F)C(F)(F)C(F)(F)C(F)(F)C(F)(OCC1CO1)C(F)(F)F. The highest BCUT2D eigenvalue weighted by Gasteiger charge is 2.95. The van der Waals surface area contributed by atoms with Crippen LogP contribution in [-0.4, -0.2) is 67.1 Å². The molecule has 19 heteroatoms. The molecule has 2 nitrogen and oxygen atoms in total. The van der Waals surface area contributed by atoms with Crippen molar-refractivity contribution in [3.05, 3.63) is 0 Å². The Morgan fingerprint density at radius 3 is 1.17 bits per heavy atom. The monoisotopic (exact) mass is 492 g/mol. The van der Waals surface area contributed by atoms with Crippen LogP contribution in [0.5, 0.6) is 0 Å². The van der Waals surface area contributed by atoms with E-state index in [0.29, 0.717) is 0 Å². The van der Waals surface area contributed by atoms with Gasteiger partial charge in [-0.3, -0.25) is 0 Å². The Kier molecular flexibility index (Phi) is 6.12. The van der Waals surface area contributed by atoms with Crippen LogP contribution in [0.3, 0.4) is 0 Å². The van der Waals surface area contributed by atoms with E-state index in [1.165, 1.54) is 0 Å². The molecular weight excluding hydrogens is 487 g/mol. The summed E-state index contributed by atoms with van der Waals surface area (Å²) in [6.45, 7) is -2.61. The molecule has 0 saturated carbocycles. The smallest absolute Gasteiger partial charge is 0.371 e. The second-order valence-electron chi connectivity index (χ2n) is 5.73. The predicted molar refractivity (Wildman–Crippen MR) is 56.4 cm³/mol. The molecule has 0 amide bonds. The molecule has 1 aliphatic heterocycles. The molecule has 2 atom stereocenters. The van der Waals surface area contributed by atoms with E-state index in [1.807, 2.05) is 0 Å². The minimum atomic E-state index is -8.59. The first-order valence-electron chi connectivity index (χ1n) is 6.80. The van der Waals surface area contributed by atoms with Crippen molar-refractivity contribution < 1.29 is 84.1 Å². The van der Waals surface area contributed by atoms with E-state index in [1.54, 1.807) is 0 Å². The van der Waals surface area contributed by atoms with E-state index in [0.717, 1.165) is 0 Å². The standard InChI is InChI=1S/C11H5F17O2/c12-4(13,6(16,17)8(20,21)10(23,24)25)5(14,15)7(18,19)9(22,11(26,27)28)30-2-3-1-29-3/h3H,1-2H2. The van der Waals surface area contributed by atoms with Gasteiger partial charge in [0.2, 0.25) is 0 Å². The van der Waals surface area contributed by atoms with E-state index in [4.69, 9.17) is 0 Å². The third-order valence-corrected chi connectivity index (χ3v) is 3.57. The normalized spacial score (nSPS) is 22.1. The fourth-order valence-corrected chi connectivity index (χ4v) is 1.69. The molecule has 0 spiro atoms. The number of ether oxygens (including phenoxy) is 2. The molecule has 1 rings (SSSR count). The lowest BCUT2D eigenvalue weighted by Crippen LogP contribution is -2.75. The summed E-state index contributed by atoms with van der Waals surface area (Å²) < 4.78 is 226. The average Bonchev–Trinajstić information content (AvgIpc) is 3.33. The molecule has 0 aromatic carbocycles. The maximum absolute atomic E-state index is 13.8. The summed E-state index contributed by atoms with van der Waals surface area (Å²) in [6.07, 6.45) is -16.8. The summed E-state index contributed by atoms with van der Waals surface area (Å²) in [5, 5.41) is 0. The molecular formula is C11H5F17O2. The van der Waals surface area contributed by atoms with Crippen LogP contribution < -0.4 is 0 Å². The predicted octanol–water partition coefficient (Wildman–Crippen LogP) is 5.37. The van der Waals surface area contributed by atoms with E-state index in [9.17, 15) is 74.6 Å². The Morgan fingerprint density at radius 1 is 0.533 bits per heavy atom. The molecule has 1 fully saturated rings. The van der Waals surface area contributed by atoms with Crippen molar-refractivity contribution in [1.82, 2.24) is 0 Å². The van der Waals surface area contributed by atoms with Gasteiger partial charge < -0.3 is 9.47 Å². The summed E-state index contributed by atoms with van der Waals surface area (Å²) in [4.78, 5) is 0. The maximum Gasteiger partial charge on any atom is 0.460 e. The average molecular weight is 492 g/mol. The summed E-state index contributed by atoms with van der Waals surface area (Å²) in [7, 11) is 0. The lowest BCUT2D eigenvalue weighted by atomic mass is 9.90. The highest BCUT2D eigenvalue weighted by atomic mass is 19.4. The number of alkyl halides is 17. The quantitative estimate of drug-likeness (QED) is 0.336. The van der Waals surface area contributed by atoms with Crippen LogP contribution in [0, 0.1) is 0 Å². The zero-order chi connectivity index (χ0) is 24.4. The lowest BCUT2D eigenvalue weighted by molar-refractivity contribution is -0.483. The summed E-state index contributed by atoms with van der Waals surface area (Å²) in [5.74, 6) is -49.1. The summed E-state index contributed by atoms with van der Waals surface area (Å²) in [6, 6.07) is 0. The van der Waals surface area contributed by atoms with Crippen LogP contribution in [0.15, 0.2) is 0 Å². The van der Waals surface area contributed by atoms with Gasteiger partial charge in [-0.15, -0.1) is 0 Å². The third-order valence-electron chi connectivity index (χ3n) is 3.57. The van der Waals surface area contributed by atoms with Crippen LogP contribution in [0.1, 0.15) is 0 Å². The van der Waals surface area contributed by atoms with E-state index < -0.39 is 67.1 Å².